The van der Waals surface area contributed by atoms with Gasteiger partial charge in [-0.15, -0.1) is 0 Å². The summed E-state index contributed by atoms with van der Waals surface area (Å²) in [7, 11) is 3.59. The van der Waals surface area contributed by atoms with E-state index in [1.54, 1.807) is 19.2 Å². The summed E-state index contributed by atoms with van der Waals surface area (Å²) in [6.45, 7) is 1.06. The van der Waals surface area contributed by atoms with Gasteiger partial charge in [0.25, 0.3) is 0 Å². The lowest BCUT2D eigenvalue weighted by Crippen LogP contribution is -2.19. The van der Waals surface area contributed by atoms with E-state index in [2.05, 4.69) is 0 Å². The largest absolute Gasteiger partial charge is 0.497 e. The first-order chi connectivity index (χ1) is 9.63. The van der Waals surface area contributed by atoms with Crippen molar-refractivity contribution in [3.05, 3.63) is 59.4 Å². The molecule has 0 heterocycles. The van der Waals surface area contributed by atoms with Crippen LogP contribution in [0.4, 0.5) is 10.1 Å². The van der Waals surface area contributed by atoms with Gasteiger partial charge in [0.1, 0.15) is 11.6 Å². The lowest BCUT2D eigenvalue weighted by atomic mass is 10.1. The van der Waals surface area contributed by atoms with Gasteiger partial charge < -0.3 is 15.4 Å². The Labute approximate surface area is 118 Å². The predicted molar refractivity (Wildman–Crippen MR) is 79.4 cm³/mol. The van der Waals surface area contributed by atoms with Gasteiger partial charge in [0.15, 0.2) is 0 Å². The van der Waals surface area contributed by atoms with Crippen LogP contribution in [-0.4, -0.2) is 14.2 Å². The van der Waals surface area contributed by atoms with Gasteiger partial charge in [0.05, 0.1) is 7.11 Å². The molecule has 0 amide bonds. The molecule has 2 N–H and O–H groups in total. The smallest absolute Gasteiger partial charge is 0.123 e. The van der Waals surface area contributed by atoms with E-state index in [0.717, 1.165) is 22.6 Å². The van der Waals surface area contributed by atoms with Crippen molar-refractivity contribution in [2.45, 2.75) is 13.1 Å². The van der Waals surface area contributed by atoms with Crippen LogP contribution >= 0.6 is 0 Å². The molecule has 0 saturated heterocycles. The third kappa shape index (κ3) is 3.27. The quantitative estimate of drug-likeness (QED) is 0.911. The minimum Gasteiger partial charge on any atom is -0.497 e. The third-order valence-corrected chi connectivity index (χ3v) is 3.23. The number of rotatable bonds is 5. The van der Waals surface area contributed by atoms with Crippen molar-refractivity contribution < 1.29 is 9.13 Å². The summed E-state index contributed by atoms with van der Waals surface area (Å²) in [6.07, 6.45) is 0. The van der Waals surface area contributed by atoms with Gasteiger partial charge in [-0.25, -0.2) is 4.39 Å². The van der Waals surface area contributed by atoms with Crippen LogP contribution in [0.25, 0.3) is 0 Å². The van der Waals surface area contributed by atoms with Crippen molar-refractivity contribution in [2.24, 2.45) is 5.73 Å². The van der Waals surface area contributed by atoms with Gasteiger partial charge in [-0.2, -0.15) is 0 Å². The molecule has 0 aromatic heterocycles. The van der Waals surface area contributed by atoms with Crippen LogP contribution in [0.2, 0.25) is 0 Å². The molecular formula is C16H19FN2O. The highest BCUT2D eigenvalue weighted by atomic mass is 19.1. The number of benzene rings is 2. The lowest BCUT2D eigenvalue weighted by molar-refractivity contribution is 0.414. The lowest BCUT2D eigenvalue weighted by Gasteiger charge is -2.23. The Balaban J connectivity index is 2.25. The van der Waals surface area contributed by atoms with E-state index in [1.165, 1.54) is 6.07 Å². The summed E-state index contributed by atoms with van der Waals surface area (Å²) in [5, 5.41) is 0. The van der Waals surface area contributed by atoms with Crippen LogP contribution in [0.15, 0.2) is 42.5 Å². The summed E-state index contributed by atoms with van der Waals surface area (Å²) in [5.74, 6) is 0.559. The molecule has 106 valence electrons. The van der Waals surface area contributed by atoms with E-state index in [4.69, 9.17) is 10.5 Å². The fraction of sp³-hybridized carbons (Fsp3) is 0.250. The number of nitrogens with zero attached hydrogens (tertiary/aromatic N) is 1. The molecule has 4 heteroatoms. The molecule has 2 aromatic rings. The number of hydrogen-bond donors (Lipinski definition) is 1. The molecule has 0 aliphatic carbocycles. The maximum absolute atomic E-state index is 13.2. The minimum atomic E-state index is -0.222. The van der Waals surface area contributed by atoms with Crippen molar-refractivity contribution in [2.75, 3.05) is 19.1 Å². The number of methoxy groups -OCH3 is 1. The van der Waals surface area contributed by atoms with Crippen LogP contribution in [-0.2, 0) is 13.1 Å². The van der Waals surface area contributed by atoms with Crippen molar-refractivity contribution in [3.8, 4) is 5.75 Å². The topological polar surface area (TPSA) is 38.5 Å². The van der Waals surface area contributed by atoms with Gasteiger partial charge >= 0.3 is 0 Å². The average molecular weight is 274 g/mol. The highest BCUT2D eigenvalue weighted by Crippen LogP contribution is 2.26. The number of halogens is 1. The predicted octanol–water partition coefficient (Wildman–Crippen LogP) is 2.93. The summed E-state index contributed by atoms with van der Waals surface area (Å²) >= 11 is 0. The van der Waals surface area contributed by atoms with Crippen molar-refractivity contribution in [3.63, 3.8) is 0 Å². The van der Waals surface area contributed by atoms with Crippen LogP contribution < -0.4 is 15.4 Å². The van der Waals surface area contributed by atoms with Crippen molar-refractivity contribution in [1.29, 1.82) is 0 Å². The fourth-order valence-electron chi connectivity index (χ4n) is 2.19. The second kappa shape index (κ2) is 6.39. The Morgan fingerprint density at radius 2 is 2.00 bits per heavy atom. The summed E-state index contributed by atoms with van der Waals surface area (Å²) in [4.78, 5) is 2.04. The number of nitrogens with two attached hydrogens (primary N) is 1. The van der Waals surface area contributed by atoms with Crippen LogP contribution in [0.1, 0.15) is 11.1 Å². The van der Waals surface area contributed by atoms with Crippen molar-refractivity contribution in [1.82, 2.24) is 0 Å². The Morgan fingerprint density at radius 1 is 1.20 bits per heavy atom. The van der Waals surface area contributed by atoms with Crippen LogP contribution in [0, 0.1) is 5.82 Å². The molecule has 0 spiro atoms. The second-order valence-electron chi connectivity index (χ2n) is 4.68. The highest BCUT2D eigenvalue weighted by Gasteiger charge is 2.09. The molecule has 0 atom stereocenters. The highest BCUT2D eigenvalue weighted by molar-refractivity contribution is 5.57. The van der Waals surface area contributed by atoms with Gasteiger partial charge in [0.2, 0.25) is 0 Å². The fourth-order valence-corrected chi connectivity index (χ4v) is 2.19. The van der Waals surface area contributed by atoms with E-state index < -0.39 is 0 Å². The zero-order valence-corrected chi connectivity index (χ0v) is 11.8. The standard InChI is InChI=1S/C16H19FN2O/c1-19(11-12-4-3-5-14(17)8-12)16-9-15(20-2)7-6-13(16)10-18/h3-9H,10-11,18H2,1-2H3. The number of hydrogen-bond acceptors (Lipinski definition) is 3. The first-order valence-electron chi connectivity index (χ1n) is 6.46. The Hall–Kier alpha value is -2.07. The Bertz CT molecular complexity index is 586. The molecular weight excluding hydrogens is 255 g/mol. The van der Waals surface area contributed by atoms with Gasteiger partial charge in [0, 0.05) is 31.9 Å². The molecule has 2 rings (SSSR count). The molecule has 0 aliphatic rings. The maximum atomic E-state index is 13.2. The molecule has 0 unspecified atom stereocenters. The zero-order valence-electron chi connectivity index (χ0n) is 11.8. The van der Waals surface area contributed by atoms with E-state index in [1.807, 2.05) is 36.2 Å². The average Bonchev–Trinajstić information content (AvgIpc) is 2.46. The van der Waals surface area contributed by atoms with E-state index >= 15 is 0 Å². The van der Waals surface area contributed by atoms with Crippen LogP contribution in [0.5, 0.6) is 5.75 Å². The maximum Gasteiger partial charge on any atom is 0.123 e. The van der Waals surface area contributed by atoms with Gasteiger partial charge in [-0.3, -0.25) is 0 Å². The van der Waals surface area contributed by atoms with E-state index in [9.17, 15) is 4.39 Å². The summed E-state index contributed by atoms with van der Waals surface area (Å²) in [6, 6.07) is 12.4. The number of anilines is 1. The van der Waals surface area contributed by atoms with Crippen molar-refractivity contribution >= 4 is 5.69 Å². The molecule has 0 bridgehead atoms. The van der Waals surface area contributed by atoms with E-state index in [0.29, 0.717) is 13.1 Å². The third-order valence-electron chi connectivity index (χ3n) is 3.23. The summed E-state index contributed by atoms with van der Waals surface area (Å²) < 4.78 is 18.5. The Kier molecular flexibility index (Phi) is 4.58. The molecule has 20 heavy (non-hydrogen) atoms. The number of ether oxygens (including phenoxy) is 1. The zero-order chi connectivity index (χ0) is 14.5. The SMILES string of the molecule is COc1ccc(CN)c(N(C)Cc2cccc(F)c2)c1. The van der Waals surface area contributed by atoms with Gasteiger partial charge in [-0.1, -0.05) is 18.2 Å². The molecule has 2 aromatic carbocycles. The first-order valence-corrected chi connectivity index (χ1v) is 6.46. The molecule has 3 nitrogen and oxygen atoms in total. The second-order valence-corrected chi connectivity index (χ2v) is 4.68. The molecule has 0 saturated carbocycles. The normalized spacial score (nSPS) is 10.4. The van der Waals surface area contributed by atoms with E-state index in [-0.39, 0.29) is 5.82 Å². The first kappa shape index (κ1) is 14.3. The Morgan fingerprint density at radius 3 is 2.65 bits per heavy atom. The van der Waals surface area contributed by atoms with Gasteiger partial charge in [-0.05, 0) is 29.3 Å². The monoisotopic (exact) mass is 274 g/mol. The molecule has 0 radical (unpaired) electrons. The van der Waals surface area contributed by atoms with Crippen LogP contribution in [0.3, 0.4) is 0 Å². The minimum absolute atomic E-state index is 0.222. The summed E-state index contributed by atoms with van der Waals surface area (Å²) in [5.41, 5.74) is 8.71. The molecule has 0 fully saturated rings. The molecule has 0 aliphatic heterocycles.